The highest BCUT2D eigenvalue weighted by Crippen LogP contribution is 1.96. The number of carboxylic acid groups (broad SMARTS) is 1. The van der Waals surface area contributed by atoms with Crippen molar-refractivity contribution in [1.82, 2.24) is 0 Å². The van der Waals surface area contributed by atoms with Gasteiger partial charge in [-0.1, -0.05) is 40.0 Å². The maximum Gasteiger partial charge on any atom is 0.305 e. The Hall–Kier alpha value is -0.570. The molecule has 0 aliphatic heterocycles. The Morgan fingerprint density at radius 1 is 1.23 bits per heavy atom. The number of carboxylic acids is 1. The monoisotopic (exact) mass is 190 g/mol. The number of aliphatic hydroxyl groups excluding tert-OH is 1. The van der Waals surface area contributed by atoms with Crippen molar-refractivity contribution in [1.29, 1.82) is 0 Å². The van der Waals surface area contributed by atoms with Crippen molar-refractivity contribution in [2.24, 2.45) is 5.92 Å². The summed E-state index contributed by atoms with van der Waals surface area (Å²) in [4.78, 5) is 9.70. The first-order chi connectivity index (χ1) is 6.06. The summed E-state index contributed by atoms with van der Waals surface area (Å²) in [5, 5.41) is 16.3. The van der Waals surface area contributed by atoms with E-state index in [-0.39, 0.29) is 5.92 Å². The lowest BCUT2D eigenvalue weighted by Gasteiger charge is -1.90. The average Bonchev–Trinajstić information content (AvgIpc) is 2.06. The zero-order chi connectivity index (χ0) is 10.7. The van der Waals surface area contributed by atoms with Crippen LogP contribution in [0.15, 0.2) is 0 Å². The van der Waals surface area contributed by atoms with Crippen molar-refractivity contribution in [2.45, 2.75) is 46.5 Å². The molecule has 2 N–H and O–H groups in total. The molecule has 80 valence electrons. The van der Waals surface area contributed by atoms with Gasteiger partial charge in [0, 0.05) is 6.61 Å². The summed E-state index contributed by atoms with van der Waals surface area (Å²) < 4.78 is 0. The highest BCUT2D eigenvalue weighted by atomic mass is 16.4. The Morgan fingerprint density at radius 3 is 1.92 bits per heavy atom. The molecule has 0 aromatic rings. The fourth-order valence-corrected chi connectivity index (χ4v) is 0.539. The largest absolute Gasteiger partial charge is 0.481 e. The molecular formula is C10H22O3. The molecule has 0 bridgehead atoms. The van der Waals surface area contributed by atoms with Gasteiger partial charge in [0.25, 0.3) is 0 Å². The molecule has 0 atom stereocenters. The van der Waals surface area contributed by atoms with Crippen LogP contribution in [0.25, 0.3) is 0 Å². The maximum absolute atomic E-state index is 9.70. The van der Waals surface area contributed by atoms with Gasteiger partial charge < -0.3 is 10.2 Å². The van der Waals surface area contributed by atoms with Crippen molar-refractivity contribution < 1.29 is 15.0 Å². The highest BCUT2D eigenvalue weighted by Gasteiger charge is 1.99. The van der Waals surface area contributed by atoms with Gasteiger partial charge in [0.1, 0.15) is 0 Å². The van der Waals surface area contributed by atoms with Crippen LogP contribution in [0.2, 0.25) is 0 Å². The van der Waals surface area contributed by atoms with Gasteiger partial charge in [-0.15, -0.1) is 0 Å². The van der Waals surface area contributed by atoms with E-state index < -0.39 is 5.97 Å². The minimum absolute atomic E-state index is 0.231. The van der Waals surface area contributed by atoms with E-state index >= 15 is 0 Å². The summed E-state index contributed by atoms with van der Waals surface area (Å²) in [6.45, 7) is 5.81. The number of unbranched alkanes of at least 4 members (excludes halogenated alkanes) is 3. The molecule has 0 radical (unpaired) electrons. The van der Waals surface area contributed by atoms with E-state index in [4.69, 9.17) is 10.2 Å². The zero-order valence-corrected chi connectivity index (χ0v) is 8.92. The van der Waals surface area contributed by atoms with E-state index in [1.165, 1.54) is 19.3 Å². The summed E-state index contributed by atoms with van der Waals surface area (Å²) >= 11 is 0. The predicted molar refractivity (Wildman–Crippen MR) is 53.7 cm³/mol. The number of carbonyl (C=O) groups is 1. The lowest BCUT2D eigenvalue weighted by atomic mass is 10.2. The van der Waals surface area contributed by atoms with Crippen molar-refractivity contribution in [3.05, 3.63) is 0 Å². The summed E-state index contributed by atoms with van der Waals surface area (Å²) in [6.07, 6.45) is 4.68. The number of rotatable bonds is 5. The van der Waals surface area contributed by atoms with Gasteiger partial charge in [0.05, 0.1) is 5.92 Å². The number of hydrogen-bond donors (Lipinski definition) is 2. The van der Waals surface area contributed by atoms with Gasteiger partial charge in [-0.25, -0.2) is 0 Å². The van der Waals surface area contributed by atoms with Gasteiger partial charge >= 0.3 is 5.97 Å². The van der Waals surface area contributed by atoms with Gasteiger partial charge in [-0.2, -0.15) is 0 Å². The molecule has 0 aliphatic rings. The third-order valence-electron chi connectivity index (χ3n) is 1.51. The third kappa shape index (κ3) is 18.4. The van der Waals surface area contributed by atoms with E-state index in [1.807, 2.05) is 0 Å². The number of aliphatic carboxylic acids is 1. The van der Waals surface area contributed by atoms with Crippen LogP contribution in [0.5, 0.6) is 0 Å². The average molecular weight is 190 g/mol. The Labute approximate surface area is 80.8 Å². The Balaban J connectivity index is 0. The van der Waals surface area contributed by atoms with Gasteiger partial charge in [0.15, 0.2) is 0 Å². The molecule has 0 aromatic carbocycles. The third-order valence-corrected chi connectivity index (χ3v) is 1.51. The fraction of sp³-hybridized carbons (Fsp3) is 0.900. The van der Waals surface area contributed by atoms with E-state index in [9.17, 15) is 4.79 Å². The summed E-state index contributed by atoms with van der Waals surface area (Å²) in [6, 6.07) is 0. The predicted octanol–water partition coefficient (Wildman–Crippen LogP) is 2.29. The van der Waals surface area contributed by atoms with Gasteiger partial charge in [-0.05, 0) is 6.42 Å². The molecule has 0 saturated carbocycles. The second-order valence-corrected chi connectivity index (χ2v) is 3.28. The molecule has 0 aliphatic carbocycles. The summed E-state index contributed by atoms with van der Waals surface area (Å²) in [7, 11) is 0. The molecule has 0 spiro atoms. The van der Waals surface area contributed by atoms with Gasteiger partial charge in [0.2, 0.25) is 0 Å². The Bertz CT molecular complexity index is 107. The first-order valence-corrected chi connectivity index (χ1v) is 4.89. The molecule has 0 fully saturated rings. The lowest BCUT2D eigenvalue weighted by molar-refractivity contribution is -0.140. The molecule has 0 heterocycles. The van der Waals surface area contributed by atoms with Crippen molar-refractivity contribution in [3.63, 3.8) is 0 Å². The normalized spacial score (nSPS) is 9.31. The van der Waals surface area contributed by atoms with Crippen molar-refractivity contribution in [3.8, 4) is 0 Å². The van der Waals surface area contributed by atoms with Gasteiger partial charge in [-0.3, -0.25) is 4.79 Å². The van der Waals surface area contributed by atoms with Crippen molar-refractivity contribution in [2.75, 3.05) is 6.61 Å². The maximum atomic E-state index is 9.70. The van der Waals surface area contributed by atoms with Crippen LogP contribution in [-0.2, 0) is 4.79 Å². The summed E-state index contributed by atoms with van der Waals surface area (Å²) in [5.74, 6) is -0.972. The second-order valence-electron chi connectivity index (χ2n) is 3.28. The van der Waals surface area contributed by atoms with Crippen LogP contribution in [-0.4, -0.2) is 22.8 Å². The Morgan fingerprint density at radius 2 is 1.69 bits per heavy atom. The zero-order valence-electron chi connectivity index (χ0n) is 8.92. The molecule has 0 aromatic heterocycles. The molecule has 0 amide bonds. The van der Waals surface area contributed by atoms with E-state index in [0.29, 0.717) is 6.61 Å². The molecule has 0 unspecified atom stereocenters. The lowest BCUT2D eigenvalue weighted by Crippen LogP contribution is -2.03. The topological polar surface area (TPSA) is 57.5 Å². The first-order valence-electron chi connectivity index (χ1n) is 4.89. The van der Waals surface area contributed by atoms with Crippen molar-refractivity contribution >= 4 is 5.97 Å². The Kier molecular flexibility index (Phi) is 13.1. The summed E-state index contributed by atoms with van der Waals surface area (Å²) in [5.41, 5.74) is 0. The van der Waals surface area contributed by atoms with E-state index in [2.05, 4.69) is 6.92 Å². The smallest absolute Gasteiger partial charge is 0.305 e. The molecule has 3 heteroatoms. The molecule has 3 nitrogen and oxygen atoms in total. The first kappa shape index (κ1) is 14.9. The van der Waals surface area contributed by atoms with Crippen LogP contribution in [0, 0.1) is 5.92 Å². The van der Waals surface area contributed by atoms with E-state index in [1.54, 1.807) is 13.8 Å². The second kappa shape index (κ2) is 11.4. The fourth-order valence-electron chi connectivity index (χ4n) is 0.539. The molecular weight excluding hydrogens is 168 g/mol. The molecule has 0 rings (SSSR count). The standard InChI is InChI=1S/C6H14O.C4H8O2/c1-2-3-4-5-6-7;1-3(2)4(5)6/h7H,2-6H2,1H3;3H,1-2H3,(H,5,6). The quantitative estimate of drug-likeness (QED) is 0.654. The van der Waals surface area contributed by atoms with Crippen LogP contribution in [0.4, 0.5) is 0 Å². The molecule has 0 saturated heterocycles. The van der Waals surface area contributed by atoms with Crippen LogP contribution >= 0.6 is 0 Å². The van der Waals surface area contributed by atoms with Crippen LogP contribution in [0.1, 0.15) is 46.5 Å². The number of aliphatic hydroxyl groups is 1. The minimum atomic E-state index is -0.741. The van der Waals surface area contributed by atoms with Crippen LogP contribution < -0.4 is 0 Å². The van der Waals surface area contributed by atoms with Crippen LogP contribution in [0.3, 0.4) is 0 Å². The minimum Gasteiger partial charge on any atom is -0.481 e. The number of hydrogen-bond acceptors (Lipinski definition) is 2. The molecule has 13 heavy (non-hydrogen) atoms. The highest BCUT2D eigenvalue weighted by molar-refractivity contribution is 5.68. The SMILES string of the molecule is CC(C)C(=O)O.CCCCCCO. The van der Waals surface area contributed by atoms with E-state index in [0.717, 1.165) is 6.42 Å².